The highest BCUT2D eigenvalue weighted by molar-refractivity contribution is 5.63. The van der Waals surface area contributed by atoms with Crippen LogP contribution >= 0.6 is 0 Å². The first-order valence-corrected chi connectivity index (χ1v) is 9.21. The van der Waals surface area contributed by atoms with E-state index in [1.165, 1.54) is 6.07 Å². The van der Waals surface area contributed by atoms with E-state index in [4.69, 9.17) is 5.73 Å². The lowest BCUT2D eigenvalue weighted by Crippen LogP contribution is -2.39. The van der Waals surface area contributed by atoms with Gasteiger partial charge in [-0.1, -0.05) is 11.3 Å². The van der Waals surface area contributed by atoms with Crippen LogP contribution in [-0.2, 0) is 6.54 Å². The molecule has 1 aliphatic rings. The summed E-state index contributed by atoms with van der Waals surface area (Å²) in [5.74, 6) is -0.254. The fourth-order valence-corrected chi connectivity index (χ4v) is 3.44. The van der Waals surface area contributed by atoms with Crippen molar-refractivity contribution >= 4 is 0 Å². The van der Waals surface area contributed by atoms with Gasteiger partial charge >= 0.3 is 0 Å². The summed E-state index contributed by atoms with van der Waals surface area (Å²) in [6.45, 7) is 4.33. The Morgan fingerprint density at radius 2 is 1.89 bits per heavy atom. The Hall–Kier alpha value is -2.64. The number of benzene rings is 1. The number of piperidine rings is 1. The van der Waals surface area contributed by atoms with Crippen molar-refractivity contribution in [3.05, 3.63) is 59.8 Å². The van der Waals surface area contributed by atoms with Crippen LogP contribution in [0.4, 0.5) is 4.39 Å². The first kappa shape index (κ1) is 17.8. The van der Waals surface area contributed by atoms with Crippen LogP contribution in [0.2, 0.25) is 0 Å². The molecule has 3 aromatic rings. The van der Waals surface area contributed by atoms with Crippen molar-refractivity contribution < 1.29 is 4.39 Å². The highest BCUT2D eigenvalue weighted by Gasteiger charge is 2.22. The van der Waals surface area contributed by atoms with E-state index >= 15 is 0 Å². The summed E-state index contributed by atoms with van der Waals surface area (Å²) in [5.41, 5.74) is 9.98. The summed E-state index contributed by atoms with van der Waals surface area (Å²) < 4.78 is 15.8. The van der Waals surface area contributed by atoms with E-state index in [2.05, 4.69) is 20.2 Å². The van der Waals surface area contributed by atoms with Gasteiger partial charge in [0.25, 0.3) is 0 Å². The molecule has 3 heterocycles. The fraction of sp³-hybridized carbons (Fsp3) is 0.350. The Balaban J connectivity index is 1.73. The number of hydrogen-bond acceptors (Lipinski definition) is 5. The first-order valence-electron chi connectivity index (χ1n) is 9.21. The molecule has 1 aliphatic heterocycles. The molecule has 0 bridgehead atoms. The highest BCUT2D eigenvalue weighted by Crippen LogP contribution is 2.27. The van der Waals surface area contributed by atoms with Crippen molar-refractivity contribution in [3.8, 4) is 16.9 Å². The molecular weight excluding hydrogens is 343 g/mol. The van der Waals surface area contributed by atoms with Gasteiger partial charge in [0.2, 0.25) is 0 Å². The third-order valence-corrected chi connectivity index (χ3v) is 5.10. The summed E-state index contributed by atoms with van der Waals surface area (Å²) in [6.07, 6.45) is 5.46. The van der Waals surface area contributed by atoms with Gasteiger partial charge in [0.1, 0.15) is 11.5 Å². The molecule has 6 nitrogen and oxygen atoms in total. The number of rotatable bonds is 4. The molecule has 0 saturated carbocycles. The molecule has 4 rings (SSSR count). The number of hydrogen-bond donors (Lipinski definition) is 1. The van der Waals surface area contributed by atoms with Crippen molar-refractivity contribution in [2.24, 2.45) is 5.73 Å². The van der Waals surface area contributed by atoms with Crippen LogP contribution < -0.4 is 5.73 Å². The second-order valence-corrected chi connectivity index (χ2v) is 7.08. The summed E-state index contributed by atoms with van der Waals surface area (Å²) in [6, 6.07) is 9.26. The minimum atomic E-state index is -0.254. The molecule has 0 spiro atoms. The molecule has 7 heteroatoms. The minimum Gasteiger partial charge on any atom is -0.328 e. The Kier molecular flexibility index (Phi) is 4.96. The molecule has 0 unspecified atom stereocenters. The van der Waals surface area contributed by atoms with Crippen LogP contribution in [0.5, 0.6) is 0 Å². The van der Waals surface area contributed by atoms with Crippen molar-refractivity contribution in [2.75, 3.05) is 13.1 Å². The Morgan fingerprint density at radius 3 is 2.59 bits per heavy atom. The molecule has 0 radical (unpaired) electrons. The Labute approximate surface area is 157 Å². The van der Waals surface area contributed by atoms with Gasteiger partial charge < -0.3 is 5.73 Å². The molecule has 27 heavy (non-hydrogen) atoms. The fourth-order valence-electron chi connectivity index (χ4n) is 3.44. The van der Waals surface area contributed by atoms with Gasteiger partial charge in [-0.15, -0.1) is 5.10 Å². The zero-order chi connectivity index (χ0) is 18.8. The predicted octanol–water partition coefficient (Wildman–Crippen LogP) is 2.70. The maximum absolute atomic E-state index is 14.1. The molecule has 0 amide bonds. The topological polar surface area (TPSA) is 72.9 Å². The Morgan fingerprint density at radius 1 is 1.15 bits per heavy atom. The van der Waals surface area contributed by atoms with Crippen LogP contribution in [-0.4, -0.2) is 44.0 Å². The van der Waals surface area contributed by atoms with Crippen molar-refractivity contribution in [3.63, 3.8) is 0 Å². The lowest BCUT2D eigenvalue weighted by Gasteiger charge is -2.29. The van der Waals surface area contributed by atoms with Crippen LogP contribution in [0.25, 0.3) is 16.9 Å². The largest absolute Gasteiger partial charge is 0.328 e. The van der Waals surface area contributed by atoms with E-state index in [0.717, 1.165) is 42.9 Å². The van der Waals surface area contributed by atoms with Crippen LogP contribution in [0.3, 0.4) is 0 Å². The van der Waals surface area contributed by atoms with Gasteiger partial charge in [0, 0.05) is 43.6 Å². The molecule has 1 aromatic carbocycles. The standard InChI is InChI=1S/C20H23FN6/c1-14-2-3-17(12-18(14)21)27-20(15-4-8-23-9-5-15)19(24-25-27)13-26-10-6-16(22)7-11-26/h2-5,8-9,12,16H,6-7,10-11,13,22H2,1H3. The Bertz CT molecular complexity index is 915. The number of nitrogens with two attached hydrogens (primary N) is 1. The molecule has 2 N–H and O–H groups in total. The maximum atomic E-state index is 14.1. The number of likely N-dealkylation sites (tertiary alicyclic amines) is 1. The number of aromatic nitrogens is 4. The van der Waals surface area contributed by atoms with Gasteiger partial charge in [-0.25, -0.2) is 9.07 Å². The lowest BCUT2D eigenvalue weighted by molar-refractivity contribution is 0.204. The van der Waals surface area contributed by atoms with E-state index in [1.54, 1.807) is 30.1 Å². The smallest absolute Gasteiger partial charge is 0.128 e. The predicted molar refractivity (Wildman–Crippen MR) is 102 cm³/mol. The van der Waals surface area contributed by atoms with E-state index in [-0.39, 0.29) is 11.9 Å². The normalized spacial score (nSPS) is 16.0. The number of halogens is 1. The number of aryl methyl sites for hydroxylation is 1. The second kappa shape index (κ2) is 7.54. The molecular formula is C20H23FN6. The SMILES string of the molecule is Cc1ccc(-n2nnc(CN3CCC(N)CC3)c2-c2ccncc2)cc1F. The highest BCUT2D eigenvalue weighted by atomic mass is 19.1. The van der Waals surface area contributed by atoms with Crippen molar-refractivity contribution in [1.82, 2.24) is 24.9 Å². The molecule has 2 aromatic heterocycles. The minimum absolute atomic E-state index is 0.254. The van der Waals surface area contributed by atoms with Gasteiger partial charge in [-0.2, -0.15) is 0 Å². The molecule has 0 atom stereocenters. The van der Waals surface area contributed by atoms with Crippen LogP contribution in [0.1, 0.15) is 24.1 Å². The van der Waals surface area contributed by atoms with E-state index in [0.29, 0.717) is 17.8 Å². The van der Waals surface area contributed by atoms with E-state index < -0.39 is 0 Å². The maximum Gasteiger partial charge on any atom is 0.128 e. The molecule has 0 aliphatic carbocycles. The molecule has 1 fully saturated rings. The first-order chi connectivity index (χ1) is 13.1. The monoisotopic (exact) mass is 366 g/mol. The van der Waals surface area contributed by atoms with Crippen molar-refractivity contribution in [2.45, 2.75) is 32.4 Å². The van der Waals surface area contributed by atoms with E-state index in [9.17, 15) is 4.39 Å². The van der Waals surface area contributed by atoms with Gasteiger partial charge in [0.05, 0.1) is 11.4 Å². The quantitative estimate of drug-likeness (QED) is 0.769. The van der Waals surface area contributed by atoms with Gasteiger partial charge in [-0.05, 0) is 49.6 Å². The van der Waals surface area contributed by atoms with Crippen LogP contribution in [0, 0.1) is 12.7 Å². The zero-order valence-corrected chi connectivity index (χ0v) is 15.3. The summed E-state index contributed by atoms with van der Waals surface area (Å²) in [4.78, 5) is 6.45. The van der Waals surface area contributed by atoms with Gasteiger partial charge in [-0.3, -0.25) is 9.88 Å². The van der Waals surface area contributed by atoms with Gasteiger partial charge in [0.15, 0.2) is 0 Å². The van der Waals surface area contributed by atoms with Crippen LogP contribution in [0.15, 0.2) is 42.7 Å². The zero-order valence-electron chi connectivity index (χ0n) is 15.3. The average molecular weight is 366 g/mol. The van der Waals surface area contributed by atoms with Crippen molar-refractivity contribution in [1.29, 1.82) is 0 Å². The molecule has 1 saturated heterocycles. The molecule has 140 valence electrons. The summed E-state index contributed by atoms with van der Waals surface area (Å²) >= 11 is 0. The number of nitrogens with zero attached hydrogens (tertiary/aromatic N) is 5. The number of pyridine rings is 1. The third-order valence-electron chi connectivity index (χ3n) is 5.10. The summed E-state index contributed by atoms with van der Waals surface area (Å²) in [5, 5.41) is 8.77. The summed E-state index contributed by atoms with van der Waals surface area (Å²) in [7, 11) is 0. The van der Waals surface area contributed by atoms with E-state index in [1.807, 2.05) is 18.2 Å². The second-order valence-electron chi connectivity index (χ2n) is 7.08. The average Bonchev–Trinajstić information content (AvgIpc) is 3.10. The lowest BCUT2D eigenvalue weighted by atomic mass is 10.1. The third kappa shape index (κ3) is 3.74.